The topological polar surface area (TPSA) is 101 Å². The molecule has 0 aliphatic heterocycles. The van der Waals surface area contributed by atoms with Crippen molar-refractivity contribution in [2.24, 2.45) is 0 Å². The van der Waals surface area contributed by atoms with Gasteiger partial charge in [-0.3, -0.25) is 19.3 Å². The summed E-state index contributed by atoms with van der Waals surface area (Å²) in [5.41, 5.74) is 3.80. The number of nitrogens with one attached hydrogen (secondary N) is 2. The number of methoxy groups -OCH3 is 1. The molecule has 42 heavy (non-hydrogen) atoms. The molecular formula is C34H35N3O5. The predicted molar refractivity (Wildman–Crippen MR) is 163 cm³/mol. The second-order valence-corrected chi connectivity index (χ2v) is 10.1. The summed E-state index contributed by atoms with van der Waals surface area (Å²) in [6.45, 7) is 6.27. The number of anilines is 2. The summed E-state index contributed by atoms with van der Waals surface area (Å²) < 4.78 is 10.5. The number of carbonyl (C=O) groups is 3. The van der Waals surface area contributed by atoms with E-state index in [2.05, 4.69) is 24.5 Å². The zero-order valence-electron chi connectivity index (χ0n) is 24.2. The number of aryl methyl sites for hydroxylation is 1. The highest BCUT2D eigenvalue weighted by molar-refractivity contribution is 6.10. The summed E-state index contributed by atoms with van der Waals surface area (Å²) in [6, 6.07) is 24.3. The van der Waals surface area contributed by atoms with Crippen LogP contribution in [0.25, 0.3) is 0 Å². The predicted octanol–water partition coefficient (Wildman–Crippen LogP) is 6.31. The lowest BCUT2D eigenvalue weighted by molar-refractivity contribution is -0.125. The van der Waals surface area contributed by atoms with E-state index in [0.29, 0.717) is 28.4 Å². The molecule has 0 radical (unpaired) electrons. The highest BCUT2D eigenvalue weighted by Crippen LogP contribution is 2.30. The van der Waals surface area contributed by atoms with Crippen LogP contribution in [0.5, 0.6) is 5.75 Å². The molecule has 1 atom stereocenters. The molecule has 0 aliphatic rings. The van der Waals surface area contributed by atoms with E-state index in [4.69, 9.17) is 9.15 Å². The maximum atomic E-state index is 13.9. The molecule has 4 aromatic rings. The number of ether oxygens (including phenoxy) is 1. The lowest BCUT2D eigenvalue weighted by Gasteiger charge is -2.31. The van der Waals surface area contributed by atoms with Crippen molar-refractivity contribution in [3.05, 3.63) is 126 Å². The second kappa shape index (κ2) is 14.0. The van der Waals surface area contributed by atoms with Crippen molar-refractivity contribution in [3.63, 3.8) is 0 Å². The van der Waals surface area contributed by atoms with Crippen molar-refractivity contribution in [2.75, 3.05) is 17.3 Å². The van der Waals surface area contributed by atoms with Crippen LogP contribution in [-0.4, -0.2) is 24.8 Å². The van der Waals surface area contributed by atoms with Gasteiger partial charge in [0.05, 0.1) is 19.9 Å². The van der Waals surface area contributed by atoms with Crippen LogP contribution in [0.2, 0.25) is 0 Å². The molecule has 0 saturated heterocycles. The zero-order valence-corrected chi connectivity index (χ0v) is 24.2. The molecule has 4 rings (SSSR count). The highest BCUT2D eigenvalue weighted by Gasteiger charge is 2.32. The molecule has 0 unspecified atom stereocenters. The van der Waals surface area contributed by atoms with E-state index in [1.165, 1.54) is 17.2 Å². The van der Waals surface area contributed by atoms with Crippen molar-refractivity contribution < 1.29 is 23.5 Å². The largest absolute Gasteiger partial charge is 0.497 e. The van der Waals surface area contributed by atoms with Crippen LogP contribution in [0, 0.1) is 6.92 Å². The number of nitrogens with zero attached hydrogens (tertiary/aromatic N) is 1. The molecule has 0 aliphatic carbocycles. The van der Waals surface area contributed by atoms with Crippen LogP contribution in [0.3, 0.4) is 0 Å². The van der Waals surface area contributed by atoms with Crippen molar-refractivity contribution >= 4 is 29.1 Å². The monoisotopic (exact) mass is 565 g/mol. The number of rotatable bonds is 11. The number of benzene rings is 3. The highest BCUT2D eigenvalue weighted by atomic mass is 16.5. The van der Waals surface area contributed by atoms with Gasteiger partial charge in [-0.05, 0) is 72.5 Å². The Kier molecular flexibility index (Phi) is 9.94. The number of furan rings is 1. The smallest absolute Gasteiger partial charge is 0.252 e. The summed E-state index contributed by atoms with van der Waals surface area (Å²) in [7, 11) is 1.56. The first-order valence-corrected chi connectivity index (χ1v) is 13.7. The Morgan fingerprint density at radius 1 is 0.881 bits per heavy atom. The molecule has 216 valence electrons. The van der Waals surface area contributed by atoms with Crippen LogP contribution in [0.15, 0.2) is 108 Å². The third-order valence-corrected chi connectivity index (χ3v) is 6.73. The molecule has 8 heteroatoms. The Morgan fingerprint density at radius 3 is 2.14 bits per heavy atom. The van der Waals surface area contributed by atoms with E-state index in [-0.39, 0.29) is 12.5 Å². The molecule has 0 saturated carbocycles. The summed E-state index contributed by atoms with van der Waals surface area (Å²) in [6.07, 6.45) is 3.87. The number of amides is 3. The molecule has 3 amide bonds. The fraction of sp³-hybridized carbons (Fsp3) is 0.206. The van der Waals surface area contributed by atoms with Crippen LogP contribution >= 0.6 is 0 Å². The molecular weight excluding hydrogens is 530 g/mol. The third kappa shape index (κ3) is 7.75. The maximum Gasteiger partial charge on any atom is 0.252 e. The average molecular weight is 566 g/mol. The standard InChI is InChI=1S/C34H35N3O5/c1-23(2)25-11-15-28(16-12-25)37(32(39)20-19-31(38)36-27-13-17-29(41-4)18-14-27)33(26-9-7-24(3)8-10-26)34(40)35-22-30-6-5-21-42-30/h5-21,23,33H,22H2,1-4H3,(H,35,40)(H,36,38)/b20-19-/t33-/m1/s1. The first kappa shape index (κ1) is 29.9. The van der Waals surface area contributed by atoms with Gasteiger partial charge < -0.3 is 19.8 Å². The number of carbonyl (C=O) groups excluding carboxylic acids is 3. The lowest BCUT2D eigenvalue weighted by Crippen LogP contribution is -2.43. The molecule has 3 aromatic carbocycles. The molecule has 0 spiro atoms. The lowest BCUT2D eigenvalue weighted by atomic mass is 9.99. The number of hydrogen-bond donors (Lipinski definition) is 2. The molecule has 0 fully saturated rings. The fourth-order valence-electron chi connectivity index (χ4n) is 4.36. The number of hydrogen-bond acceptors (Lipinski definition) is 5. The molecule has 8 nitrogen and oxygen atoms in total. The normalized spacial score (nSPS) is 11.7. The van der Waals surface area contributed by atoms with Crippen LogP contribution < -0.4 is 20.3 Å². The average Bonchev–Trinajstić information content (AvgIpc) is 3.52. The maximum absolute atomic E-state index is 13.9. The van der Waals surface area contributed by atoms with Crippen LogP contribution in [-0.2, 0) is 20.9 Å². The van der Waals surface area contributed by atoms with Gasteiger partial charge in [0.2, 0.25) is 11.8 Å². The van der Waals surface area contributed by atoms with Crippen LogP contribution in [0.1, 0.15) is 48.3 Å². The minimum Gasteiger partial charge on any atom is -0.497 e. The quantitative estimate of drug-likeness (QED) is 0.208. The van der Waals surface area contributed by atoms with Crippen LogP contribution in [0.4, 0.5) is 11.4 Å². The van der Waals surface area contributed by atoms with Gasteiger partial charge in [-0.1, -0.05) is 55.8 Å². The first-order chi connectivity index (χ1) is 20.2. The van der Waals surface area contributed by atoms with E-state index < -0.39 is 23.8 Å². The van der Waals surface area contributed by atoms with Gasteiger partial charge >= 0.3 is 0 Å². The molecule has 0 bridgehead atoms. The van der Waals surface area contributed by atoms with E-state index in [0.717, 1.165) is 17.2 Å². The van der Waals surface area contributed by atoms with Gasteiger partial charge in [-0.2, -0.15) is 0 Å². The summed E-state index contributed by atoms with van der Waals surface area (Å²) in [5.74, 6) is 0.112. The Balaban J connectivity index is 1.67. The van der Waals surface area contributed by atoms with E-state index >= 15 is 0 Å². The fourth-order valence-corrected chi connectivity index (χ4v) is 4.36. The van der Waals surface area contributed by atoms with Gasteiger partial charge in [0, 0.05) is 23.5 Å². The van der Waals surface area contributed by atoms with Crippen molar-refractivity contribution in [2.45, 2.75) is 39.3 Å². The Morgan fingerprint density at radius 2 is 1.55 bits per heavy atom. The minimum atomic E-state index is -1.02. The zero-order chi connectivity index (χ0) is 30.1. The SMILES string of the molecule is COc1ccc(NC(=O)/C=C\C(=O)N(c2ccc(C(C)C)cc2)[C@@H](C(=O)NCc2ccco2)c2ccc(C)cc2)cc1. The van der Waals surface area contributed by atoms with E-state index in [1.54, 1.807) is 43.5 Å². The van der Waals surface area contributed by atoms with Gasteiger partial charge in [0.1, 0.15) is 17.6 Å². The van der Waals surface area contributed by atoms with E-state index in [9.17, 15) is 14.4 Å². The second-order valence-electron chi connectivity index (χ2n) is 10.1. The Bertz CT molecular complexity index is 1510. The first-order valence-electron chi connectivity index (χ1n) is 13.7. The minimum absolute atomic E-state index is 0.155. The van der Waals surface area contributed by atoms with Crippen molar-refractivity contribution in [1.29, 1.82) is 0 Å². The Labute approximate surface area is 246 Å². The third-order valence-electron chi connectivity index (χ3n) is 6.73. The summed E-state index contributed by atoms with van der Waals surface area (Å²) in [4.78, 5) is 41.8. The molecule has 2 N–H and O–H groups in total. The van der Waals surface area contributed by atoms with Gasteiger partial charge in [0.15, 0.2) is 0 Å². The molecule has 1 heterocycles. The van der Waals surface area contributed by atoms with E-state index in [1.807, 2.05) is 55.5 Å². The summed E-state index contributed by atoms with van der Waals surface area (Å²) in [5, 5.41) is 5.63. The van der Waals surface area contributed by atoms with Gasteiger partial charge in [-0.25, -0.2) is 0 Å². The van der Waals surface area contributed by atoms with Gasteiger partial charge in [-0.15, -0.1) is 0 Å². The van der Waals surface area contributed by atoms with Crippen molar-refractivity contribution in [1.82, 2.24) is 5.32 Å². The summed E-state index contributed by atoms with van der Waals surface area (Å²) >= 11 is 0. The van der Waals surface area contributed by atoms with Crippen molar-refractivity contribution in [3.8, 4) is 5.75 Å². The Hall–Kier alpha value is -5.11. The molecule has 1 aromatic heterocycles. The van der Waals surface area contributed by atoms with Gasteiger partial charge in [0.25, 0.3) is 5.91 Å².